The predicted molar refractivity (Wildman–Crippen MR) is 75.0 cm³/mol. The van der Waals surface area contributed by atoms with Crippen LogP contribution in [0.15, 0.2) is 0 Å². The van der Waals surface area contributed by atoms with E-state index in [2.05, 4.69) is 16.9 Å². The van der Waals surface area contributed by atoms with E-state index in [0.717, 1.165) is 12.5 Å². The highest BCUT2D eigenvalue weighted by Crippen LogP contribution is 2.14. The number of likely N-dealkylation sites (N-methyl/N-ethyl adjacent to an activating group) is 1. The van der Waals surface area contributed by atoms with E-state index in [1.54, 1.807) is 0 Å². The Balaban J connectivity index is 0. The molecule has 0 bridgehead atoms. The molecule has 0 saturated carbocycles. The molecule has 1 saturated heterocycles. The zero-order valence-corrected chi connectivity index (χ0v) is 13.5. The van der Waals surface area contributed by atoms with Crippen molar-refractivity contribution in [1.29, 1.82) is 0 Å². The summed E-state index contributed by atoms with van der Waals surface area (Å²) in [6, 6.07) is 0.701. The number of carbonyl (C=O) groups is 2. The number of nitrogens with one attached hydrogen (secondary N) is 2. The summed E-state index contributed by atoms with van der Waals surface area (Å²) in [5, 5.41) is 21.0. The molecule has 1 rings (SSSR count). The Morgan fingerprint density at radius 3 is 1.71 bits per heavy atom. The van der Waals surface area contributed by atoms with Gasteiger partial charge in [-0.05, 0) is 25.0 Å². The number of alkyl halides is 6. The maximum Gasteiger partial charge on any atom is 0.490 e. The summed E-state index contributed by atoms with van der Waals surface area (Å²) in [5.74, 6) is -3.40. The maximum atomic E-state index is 10.6. The summed E-state index contributed by atoms with van der Waals surface area (Å²) in [4.78, 5) is 17.8. The van der Waals surface area contributed by atoms with Crippen LogP contribution in [0.5, 0.6) is 0 Å². The molecule has 0 spiro atoms. The lowest BCUT2D eigenvalue weighted by atomic mass is 10.1. The molecule has 4 N–H and O–H groups in total. The molecule has 0 amide bonds. The number of carboxylic acid groups (broad SMARTS) is 2. The van der Waals surface area contributed by atoms with Gasteiger partial charge >= 0.3 is 24.3 Å². The zero-order chi connectivity index (χ0) is 19.6. The Morgan fingerprint density at radius 2 is 1.46 bits per heavy atom. The Kier molecular flexibility index (Phi) is 11.9. The van der Waals surface area contributed by atoms with Crippen molar-refractivity contribution in [3.05, 3.63) is 0 Å². The molecule has 1 aliphatic rings. The number of hydrogen-bond donors (Lipinski definition) is 4. The first-order chi connectivity index (χ1) is 10.8. The first-order valence-electron chi connectivity index (χ1n) is 6.24. The summed E-state index contributed by atoms with van der Waals surface area (Å²) in [7, 11) is 2.05. The largest absolute Gasteiger partial charge is 0.490 e. The third-order valence-electron chi connectivity index (χ3n) is 2.58. The van der Waals surface area contributed by atoms with Crippen molar-refractivity contribution in [1.82, 2.24) is 10.6 Å². The normalized spacial score (nSPS) is 20.3. The molecule has 6 nitrogen and oxygen atoms in total. The van der Waals surface area contributed by atoms with Crippen molar-refractivity contribution in [2.75, 3.05) is 32.1 Å². The van der Waals surface area contributed by atoms with E-state index in [-0.39, 0.29) is 0 Å². The molecule has 2 unspecified atom stereocenters. The number of carboxylic acids is 2. The SMILES string of the molecule is CNC1CNCC1CSC.O=C(O)C(F)(F)F.O=C(O)C(F)(F)F. The molecule has 24 heavy (non-hydrogen) atoms. The van der Waals surface area contributed by atoms with Gasteiger partial charge in [-0.1, -0.05) is 0 Å². The number of hydrogen-bond acceptors (Lipinski definition) is 5. The molecule has 144 valence electrons. The van der Waals surface area contributed by atoms with Crippen molar-refractivity contribution >= 4 is 23.7 Å². The van der Waals surface area contributed by atoms with Gasteiger partial charge in [-0.25, -0.2) is 9.59 Å². The van der Waals surface area contributed by atoms with Gasteiger partial charge in [0.1, 0.15) is 0 Å². The third-order valence-corrected chi connectivity index (χ3v) is 3.34. The molecule has 1 fully saturated rings. The topological polar surface area (TPSA) is 98.7 Å². The molecule has 0 aliphatic carbocycles. The van der Waals surface area contributed by atoms with Gasteiger partial charge in [-0.15, -0.1) is 0 Å². The molecule has 2 atom stereocenters. The van der Waals surface area contributed by atoms with Crippen LogP contribution in [0.4, 0.5) is 26.3 Å². The third kappa shape index (κ3) is 12.2. The number of rotatable bonds is 3. The van der Waals surface area contributed by atoms with Crippen molar-refractivity contribution in [2.45, 2.75) is 18.4 Å². The van der Waals surface area contributed by atoms with Gasteiger partial charge < -0.3 is 20.8 Å². The highest BCUT2D eigenvalue weighted by molar-refractivity contribution is 7.98. The van der Waals surface area contributed by atoms with Crippen molar-refractivity contribution in [3.8, 4) is 0 Å². The van der Waals surface area contributed by atoms with Crippen LogP contribution in [0, 0.1) is 5.92 Å². The minimum atomic E-state index is -5.08. The average molecular weight is 388 g/mol. The van der Waals surface area contributed by atoms with Crippen molar-refractivity contribution < 1.29 is 46.1 Å². The van der Waals surface area contributed by atoms with Crippen LogP contribution in [0.1, 0.15) is 0 Å². The second kappa shape index (κ2) is 11.4. The Hall–Kier alpha value is -1.21. The first kappa shape index (κ1) is 25.0. The number of aliphatic carboxylic acids is 2. The van der Waals surface area contributed by atoms with E-state index in [9.17, 15) is 26.3 Å². The van der Waals surface area contributed by atoms with E-state index in [4.69, 9.17) is 19.8 Å². The van der Waals surface area contributed by atoms with Crippen LogP contribution in [0.25, 0.3) is 0 Å². The van der Waals surface area contributed by atoms with Crippen LogP contribution in [-0.4, -0.2) is 72.7 Å². The number of halogens is 6. The van der Waals surface area contributed by atoms with Crippen LogP contribution in [-0.2, 0) is 9.59 Å². The van der Waals surface area contributed by atoms with Crippen LogP contribution < -0.4 is 10.6 Å². The fraction of sp³-hybridized carbons (Fsp3) is 0.818. The lowest BCUT2D eigenvalue weighted by molar-refractivity contribution is -0.193. The Labute approximate surface area is 138 Å². The quantitative estimate of drug-likeness (QED) is 0.543. The van der Waals surface area contributed by atoms with Gasteiger partial charge in [0, 0.05) is 19.1 Å². The summed E-state index contributed by atoms with van der Waals surface area (Å²) >= 11 is 1.94. The van der Waals surface area contributed by atoms with E-state index in [1.165, 1.54) is 12.3 Å². The van der Waals surface area contributed by atoms with Gasteiger partial charge in [0.15, 0.2) is 0 Å². The van der Waals surface area contributed by atoms with Gasteiger partial charge in [-0.2, -0.15) is 38.1 Å². The van der Waals surface area contributed by atoms with Crippen LogP contribution >= 0.6 is 11.8 Å². The lowest BCUT2D eigenvalue weighted by Gasteiger charge is -2.15. The first-order valence-corrected chi connectivity index (χ1v) is 7.63. The predicted octanol–water partition coefficient (Wildman–Crippen LogP) is 1.42. The molecule has 0 aromatic heterocycles. The molecule has 1 heterocycles. The molecule has 0 aromatic rings. The summed E-state index contributed by atoms with van der Waals surface area (Å²) < 4.78 is 63.5. The lowest BCUT2D eigenvalue weighted by Crippen LogP contribution is -2.33. The fourth-order valence-electron chi connectivity index (χ4n) is 1.46. The second-order valence-electron chi connectivity index (χ2n) is 4.37. The molecular formula is C11H18F6N2O4S. The Morgan fingerprint density at radius 1 is 1.08 bits per heavy atom. The standard InChI is InChI=1S/C7H16N2S.2C2HF3O2/c1-8-7-4-9-3-6(7)5-10-2;2*3-2(4,5)1(6)7/h6-9H,3-5H2,1-2H3;2*(H,6,7). The Bertz CT molecular complexity index is 368. The fourth-order valence-corrected chi connectivity index (χ4v) is 2.24. The maximum absolute atomic E-state index is 10.6. The minimum absolute atomic E-state index is 0.701. The summed E-state index contributed by atoms with van der Waals surface area (Å²) in [6.07, 6.45) is -8.00. The highest BCUT2D eigenvalue weighted by atomic mass is 32.2. The van der Waals surface area contributed by atoms with Gasteiger partial charge in [0.05, 0.1) is 0 Å². The zero-order valence-electron chi connectivity index (χ0n) is 12.7. The smallest absolute Gasteiger partial charge is 0.475 e. The van der Waals surface area contributed by atoms with Crippen molar-refractivity contribution in [2.24, 2.45) is 5.92 Å². The molecule has 13 heteroatoms. The van der Waals surface area contributed by atoms with E-state index >= 15 is 0 Å². The van der Waals surface area contributed by atoms with Gasteiger partial charge in [0.2, 0.25) is 0 Å². The highest BCUT2D eigenvalue weighted by Gasteiger charge is 2.38. The van der Waals surface area contributed by atoms with Gasteiger partial charge in [-0.3, -0.25) is 0 Å². The van der Waals surface area contributed by atoms with E-state index in [1.807, 2.05) is 18.8 Å². The van der Waals surface area contributed by atoms with E-state index in [0.29, 0.717) is 6.04 Å². The molecule has 0 radical (unpaired) electrons. The number of thioether (sulfide) groups is 1. The monoisotopic (exact) mass is 388 g/mol. The second-order valence-corrected chi connectivity index (χ2v) is 5.29. The van der Waals surface area contributed by atoms with Gasteiger partial charge in [0.25, 0.3) is 0 Å². The van der Waals surface area contributed by atoms with Crippen LogP contribution in [0.2, 0.25) is 0 Å². The molecular weight excluding hydrogens is 370 g/mol. The molecule has 0 aromatic carbocycles. The summed E-state index contributed by atoms with van der Waals surface area (Å²) in [5.41, 5.74) is 0. The van der Waals surface area contributed by atoms with Crippen LogP contribution in [0.3, 0.4) is 0 Å². The minimum Gasteiger partial charge on any atom is -0.475 e. The van der Waals surface area contributed by atoms with E-state index < -0.39 is 24.3 Å². The molecule has 1 aliphatic heterocycles. The van der Waals surface area contributed by atoms with Crippen molar-refractivity contribution in [3.63, 3.8) is 0 Å². The summed E-state index contributed by atoms with van der Waals surface area (Å²) in [6.45, 7) is 2.33. The average Bonchev–Trinajstić information content (AvgIpc) is 2.85.